The number of aliphatic hydroxyl groups is 1. The monoisotopic (exact) mass is 418 g/mol. The lowest BCUT2D eigenvalue weighted by molar-refractivity contribution is 0.0933. The predicted octanol–water partition coefficient (Wildman–Crippen LogP) is 3.95. The van der Waals surface area contributed by atoms with Crippen LogP contribution < -0.4 is 0 Å². The average molecular weight is 419 g/mol. The molecule has 0 aromatic heterocycles. The summed E-state index contributed by atoms with van der Waals surface area (Å²) < 4.78 is 27.9. The van der Waals surface area contributed by atoms with Crippen LogP contribution >= 0.6 is 29.2 Å². The third-order valence-electron chi connectivity index (χ3n) is 3.41. The maximum Gasteiger partial charge on any atom is 0.331 e. The number of ether oxygens (including phenoxy) is 2. The fourth-order valence-electron chi connectivity index (χ4n) is 2.09. The van der Waals surface area contributed by atoms with Crippen molar-refractivity contribution in [2.24, 2.45) is 0 Å². The first kappa shape index (κ1) is 25.7. The third kappa shape index (κ3) is 15.5. The van der Waals surface area contributed by atoms with Crippen LogP contribution in [-0.2, 0) is 18.6 Å². The lowest BCUT2D eigenvalue weighted by Gasteiger charge is -2.20. The van der Waals surface area contributed by atoms with Gasteiger partial charge in [-0.15, -0.1) is 0 Å². The minimum atomic E-state index is -3.52. The highest BCUT2D eigenvalue weighted by molar-refractivity contribution is 8.76. The highest BCUT2D eigenvalue weighted by Crippen LogP contribution is 2.50. The lowest BCUT2D eigenvalue weighted by Crippen LogP contribution is -2.12. The van der Waals surface area contributed by atoms with Gasteiger partial charge in [-0.3, -0.25) is 4.57 Å². The van der Waals surface area contributed by atoms with Gasteiger partial charge in [0.05, 0.1) is 32.1 Å². The van der Waals surface area contributed by atoms with Crippen molar-refractivity contribution in [2.45, 2.75) is 51.6 Å². The molecule has 0 heterocycles. The van der Waals surface area contributed by atoms with Crippen LogP contribution in [0.1, 0.15) is 46.0 Å². The molecule has 0 amide bonds. The van der Waals surface area contributed by atoms with Crippen LogP contribution in [-0.4, -0.2) is 66.8 Å². The zero-order valence-electron chi connectivity index (χ0n) is 15.6. The van der Waals surface area contributed by atoms with E-state index in [9.17, 15) is 9.46 Å². The van der Waals surface area contributed by atoms with Gasteiger partial charge < -0.3 is 24.0 Å². The summed E-state index contributed by atoms with van der Waals surface area (Å²) in [6.45, 7) is 6.29. The molecule has 0 aliphatic carbocycles. The molecule has 0 saturated heterocycles. The molecule has 2 atom stereocenters. The Balaban J connectivity index is 3.40. The van der Waals surface area contributed by atoms with Crippen LogP contribution in [0.3, 0.4) is 0 Å². The highest BCUT2D eigenvalue weighted by Gasteiger charge is 2.29. The van der Waals surface area contributed by atoms with Gasteiger partial charge in [0.1, 0.15) is 0 Å². The molecule has 152 valence electrons. The molecule has 25 heavy (non-hydrogen) atoms. The molecule has 6 nitrogen and oxygen atoms in total. The quantitative estimate of drug-likeness (QED) is 0.185. The Kier molecular flexibility index (Phi) is 18.6. The van der Waals surface area contributed by atoms with E-state index in [-0.39, 0.29) is 18.9 Å². The van der Waals surface area contributed by atoms with Crippen molar-refractivity contribution in [1.29, 1.82) is 0 Å². The Bertz CT molecular complexity index is 336. The fraction of sp³-hybridized carbons (Fsp3) is 1.00. The molecule has 0 saturated carbocycles. The maximum absolute atomic E-state index is 12.1. The predicted molar refractivity (Wildman–Crippen MR) is 108 cm³/mol. The first-order valence-electron chi connectivity index (χ1n) is 9.06. The minimum Gasteiger partial charge on any atom is -0.394 e. The molecule has 0 spiro atoms. The van der Waals surface area contributed by atoms with Gasteiger partial charge in [0, 0.05) is 24.7 Å². The molecule has 0 rings (SSSR count). The van der Waals surface area contributed by atoms with Crippen LogP contribution in [0.2, 0.25) is 0 Å². The summed E-state index contributed by atoms with van der Waals surface area (Å²) in [7, 11) is 0.115. The second-order valence-electron chi connectivity index (χ2n) is 5.55. The third-order valence-corrected chi connectivity index (χ3v) is 8.09. The van der Waals surface area contributed by atoms with Crippen LogP contribution in [0.4, 0.5) is 0 Å². The zero-order chi connectivity index (χ0) is 18.8. The molecule has 0 fully saturated rings. The molecule has 0 aliphatic heterocycles. The smallest absolute Gasteiger partial charge is 0.331 e. The van der Waals surface area contributed by atoms with Crippen molar-refractivity contribution >= 4 is 29.2 Å². The summed E-state index contributed by atoms with van der Waals surface area (Å²) in [4.78, 5) is 9.95. The number of hydrogen-bond acceptors (Lipinski definition) is 7. The van der Waals surface area contributed by atoms with Crippen molar-refractivity contribution in [3.63, 3.8) is 0 Å². The average Bonchev–Trinajstić information content (AvgIpc) is 2.59. The largest absolute Gasteiger partial charge is 0.394 e. The Morgan fingerprint density at radius 3 is 2.08 bits per heavy atom. The first-order chi connectivity index (χ1) is 12.1. The summed E-state index contributed by atoms with van der Waals surface area (Å²) in [6.07, 6.45) is 4.19. The van der Waals surface area contributed by atoms with Crippen molar-refractivity contribution in [3.05, 3.63) is 0 Å². The van der Waals surface area contributed by atoms with Gasteiger partial charge in [-0.05, 0) is 25.7 Å². The summed E-state index contributed by atoms with van der Waals surface area (Å²) in [5.74, 6) is 2.04. The SMILES string of the molecule is CCCC(CC)P(=O)(O)OCCOCCCSSCCCOCCO. The van der Waals surface area contributed by atoms with Gasteiger partial charge >= 0.3 is 7.60 Å². The van der Waals surface area contributed by atoms with E-state index in [0.717, 1.165) is 30.8 Å². The summed E-state index contributed by atoms with van der Waals surface area (Å²) in [6, 6.07) is 0. The van der Waals surface area contributed by atoms with E-state index in [4.69, 9.17) is 19.1 Å². The van der Waals surface area contributed by atoms with Gasteiger partial charge in [-0.25, -0.2) is 0 Å². The normalized spacial score (nSPS) is 15.2. The first-order valence-corrected chi connectivity index (χ1v) is 13.2. The summed E-state index contributed by atoms with van der Waals surface area (Å²) >= 11 is 0. The van der Waals surface area contributed by atoms with E-state index in [0.29, 0.717) is 39.3 Å². The molecule has 2 N–H and O–H groups in total. The van der Waals surface area contributed by atoms with Crippen molar-refractivity contribution in [3.8, 4) is 0 Å². The van der Waals surface area contributed by atoms with Crippen molar-refractivity contribution in [2.75, 3.05) is 51.1 Å². The van der Waals surface area contributed by atoms with Crippen LogP contribution in [0.25, 0.3) is 0 Å². The molecular weight excluding hydrogens is 383 g/mol. The minimum absolute atomic E-state index is 0.0840. The van der Waals surface area contributed by atoms with Gasteiger partial charge in [-0.2, -0.15) is 0 Å². The van der Waals surface area contributed by atoms with Gasteiger partial charge in [-0.1, -0.05) is 41.9 Å². The number of aliphatic hydroxyl groups excluding tert-OH is 1. The summed E-state index contributed by atoms with van der Waals surface area (Å²) in [5, 5.41) is 8.56. The van der Waals surface area contributed by atoms with E-state index >= 15 is 0 Å². The molecule has 2 unspecified atom stereocenters. The zero-order valence-corrected chi connectivity index (χ0v) is 18.1. The highest BCUT2D eigenvalue weighted by atomic mass is 33.1. The van der Waals surface area contributed by atoms with E-state index in [1.54, 1.807) is 0 Å². The Morgan fingerprint density at radius 1 is 0.960 bits per heavy atom. The van der Waals surface area contributed by atoms with E-state index in [1.807, 2.05) is 35.4 Å². The van der Waals surface area contributed by atoms with Gasteiger partial charge in [0.25, 0.3) is 0 Å². The molecule has 0 radical (unpaired) electrons. The standard InChI is InChI=1S/C16H35O6PS2/c1-3-7-16(4-2)23(18,19)22-13-12-21-10-6-15-25-24-14-5-9-20-11-8-17/h16-17H,3-15H2,1-2H3,(H,18,19). The van der Waals surface area contributed by atoms with E-state index in [1.165, 1.54) is 0 Å². The Hall–Kier alpha value is 0.730. The number of hydrogen-bond donors (Lipinski definition) is 2. The number of rotatable bonds is 19. The molecule has 9 heteroatoms. The van der Waals surface area contributed by atoms with Crippen molar-refractivity contribution < 1.29 is 28.6 Å². The van der Waals surface area contributed by atoms with Crippen LogP contribution in [0.15, 0.2) is 0 Å². The van der Waals surface area contributed by atoms with Crippen LogP contribution in [0.5, 0.6) is 0 Å². The van der Waals surface area contributed by atoms with E-state index in [2.05, 4.69) is 0 Å². The second-order valence-corrected chi connectivity index (χ2v) is 10.4. The Morgan fingerprint density at radius 2 is 1.56 bits per heavy atom. The second kappa shape index (κ2) is 18.1. The molecule has 0 aliphatic rings. The molecule has 0 aromatic carbocycles. The van der Waals surface area contributed by atoms with Crippen LogP contribution in [0, 0.1) is 0 Å². The lowest BCUT2D eigenvalue weighted by atomic mass is 10.2. The summed E-state index contributed by atoms with van der Waals surface area (Å²) in [5.41, 5.74) is -0.264. The van der Waals surface area contributed by atoms with E-state index < -0.39 is 7.60 Å². The topological polar surface area (TPSA) is 85.2 Å². The molecule has 0 bridgehead atoms. The fourth-order valence-corrected chi connectivity index (χ4v) is 5.80. The molecule has 0 aromatic rings. The molecular formula is C16H35O6PS2. The maximum atomic E-state index is 12.1. The van der Waals surface area contributed by atoms with Crippen molar-refractivity contribution in [1.82, 2.24) is 0 Å². The van der Waals surface area contributed by atoms with Gasteiger partial charge in [0.15, 0.2) is 0 Å². The Labute approximate surface area is 160 Å². The van der Waals surface area contributed by atoms with Gasteiger partial charge in [0.2, 0.25) is 0 Å².